The zero-order valence-electron chi connectivity index (χ0n) is 19.1. The monoisotopic (exact) mass is 475 g/mol. The number of hydrogen-bond donors (Lipinski definition) is 5. The lowest BCUT2D eigenvalue weighted by Gasteiger charge is -2.33. The van der Waals surface area contributed by atoms with Gasteiger partial charge in [-0.1, -0.05) is 30.3 Å². The molecule has 180 valence electrons. The molecule has 0 saturated heterocycles. The van der Waals surface area contributed by atoms with Gasteiger partial charge in [0.2, 0.25) is 0 Å². The normalized spacial score (nSPS) is 17.7. The molecule has 2 atom stereocenters. The summed E-state index contributed by atoms with van der Waals surface area (Å²) in [7, 11) is 3.08. The van der Waals surface area contributed by atoms with Gasteiger partial charge in [0.15, 0.2) is 5.60 Å². The number of aliphatic hydroxyl groups is 1. The number of carbonyl (C=O) groups is 2. The van der Waals surface area contributed by atoms with Crippen molar-refractivity contribution in [2.24, 2.45) is 10.9 Å². The van der Waals surface area contributed by atoms with Crippen LogP contribution in [0, 0.1) is 0 Å². The number of hydrogen-bond acceptors (Lipinski definition) is 7. The summed E-state index contributed by atoms with van der Waals surface area (Å²) >= 11 is 0. The highest BCUT2D eigenvalue weighted by Crippen LogP contribution is 2.47. The van der Waals surface area contributed by atoms with Gasteiger partial charge in [0.05, 0.1) is 25.8 Å². The summed E-state index contributed by atoms with van der Waals surface area (Å²) in [6.45, 7) is 0. The number of amides is 3. The lowest BCUT2D eigenvalue weighted by Crippen LogP contribution is -2.45. The van der Waals surface area contributed by atoms with Crippen molar-refractivity contribution in [1.82, 2.24) is 10.9 Å². The predicted octanol–water partition coefficient (Wildman–Crippen LogP) is 2.20. The van der Waals surface area contributed by atoms with Crippen LogP contribution in [0.1, 0.15) is 22.6 Å². The Kier molecular flexibility index (Phi) is 6.67. The minimum absolute atomic E-state index is 0.218. The molecule has 6 N–H and O–H groups in total. The Balaban J connectivity index is 1.96. The van der Waals surface area contributed by atoms with Gasteiger partial charge >= 0.3 is 6.03 Å². The third kappa shape index (κ3) is 4.39. The number of rotatable bonds is 7. The van der Waals surface area contributed by atoms with Crippen LogP contribution in [0.3, 0.4) is 0 Å². The molecule has 35 heavy (non-hydrogen) atoms. The summed E-state index contributed by atoms with van der Waals surface area (Å²) in [5, 5.41) is 19.2. The second-order valence-corrected chi connectivity index (χ2v) is 7.78. The number of nitrogens with one attached hydrogen (secondary N) is 3. The van der Waals surface area contributed by atoms with E-state index in [1.165, 1.54) is 0 Å². The third-order valence-corrected chi connectivity index (χ3v) is 5.87. The Bertz CT molecular complexity index is 1260. The number of fused-ring (bicyclic) bond motifs is 1. The molecule has 3 amide bonds. The number of nitrogens with zero attached hydrogens (tertiary/aromatic N) is 1. The zero-order chi connectivity index (χ0) is 25.0. The lowest BCUT2D eigenvalue weighted by atomic mass is 9.73. The van der Waals surface area contributed by atoms with Crippen molar-refractivity contribution >= 4 is 23.3 Å². The van der Waals surface area contributed by atoms with E-state index in [0.717, 1.165) is 0 Å². The first kappa shape index (κ1) is 23.7. The number of methoxy groups -OCH3 is 2. The highest BCUT2D eigenvalue weighted by molar-refractivity contribution is 6.14. The van der Waals surface area contributed by atoms with Gasteiger partial charge in [0.25, 0.3) is 5.91 Å². The highest BCUT2D eigenvalue weighted by atomic mass is 16.5. The lowest BCUT2D eigenvalue weighted by molar-refractivity contribution is -0.134. The van der Waals surface area contributed by atoms with Gasteiger partial charge in [-0.2, -0.15) is 5.10 Å². The molecule has 0 radical (unpaired) electrons. The molecule has 10 heteroatoms. The van der Waals surface area contributed by atoms with Gasteiger partial charge in [-0.15, -0.1) is 0 Å². The van der Waals surface area contributed by atoms with E-state index in [9.17, 15) is 14.7 Å². The van der Waals surface area contributed by atoms with Gasteiger partial charge in [-0.05, 0) is 53.6 Å². The number of anilines is 1. The van der Waals surface area contributed by atoms with Crippen LogP contribution in [-0.2, 0) is 10.4 Å². The average molecular weight is 476 g/mol. The molecule has 1 aliphatic rings. The smallest absolute Gasteiger partial charge is 0.349 e. The first-order chi connectivity index (χ1) is 16.9. The van der Waals surface area contributed by atoms with Crippen LogP contribution in [0.4, 0.5) is 10.5 Å². The molecule has 3 aromatic carbocycles. The van der Waals surface area contributed by atoms with Crippen molar-refractivity contribution in [3.63, 3.8) is 0 Å². The van der Waals surface area contributed by atoms with E-state index in [1.54, 1.807) is 87.0 Å². The van der Waals surface area contributed by atoms with Gasteiger partial charge < -0.3 is 19.9 Å². The molecule has 3 aromatic rings. The minimum atomic E-state index is -2.05. The van der Waals surface area contributed by atoms with Gasteiger partial charge in [0, 0.05) is 11.3 Å². The quantitative estimate of drug-likeness (QED) is 0.153. The molecule has 0 aliphatic carbocycles. The summed E-state index contributed by atoms with van der Waals surface area (Å²) in [5.74, 6) is 4.75. The Labute approximate surface area is 201 Å². The molecule has 4 rings (SSSR count). The van der Waals surface area contributed by atoms with Crippen molar-refractivity contribution in [2.45, 2.75) is 11.5 Å². The van der Waals surface area contributed by atoms with E-state index in [0.29, 0.717) is 33.9 Å². The van der Waals surface area contributed by atoms with Crippen LogP contribution < -0.4 is 31.5 Å². The molecular weight excluding hydrogens is 450 g/mol. The second kappa shape index (κ2) is 9.84. The molecule has 10 nitrogen and oxygen atoms in total. The summed E-state index contributed by atoms with van der Waals surface area (Å²) in [6, 6.07) is 19.9. The Morgan fingerprint density at radius 2 is 1.60 bits per heavy atom. The SMILES string of the molecule is COc1ccc(/C(=N/NC(=O)NN)[C@H](c2ccc(OC)cc2)[C@@]2(O)C(=O)Nc3ccccc32)cc1. The fourth-order valence-electron chi connectivity index (χ4n) is 4.15. The molecular formula is C25H25N5O5. The number of urea groups is 1. The van der Waals surface area contributed by atoms with Crippen molar-refractivity contribution in [2.75, 3.05) is 19.5 Å². The Morgan fingerprint density at radius 1 is 1.00 bits per heavy atom. The summed E-state index contributed by atoms with van der Waals surface area (Å²) in [6.07, 6.45) is 0. The number of nitrogens with two attached hydrogens (primary N) is 1. The van der Waals surface area contributed by atoms with Gasteiger partial charge in [0.1, 0.15) is 11.5 Å². The fraction of sp³-hybridized carbons (Fsp3) is 0.160. The molecule has 1 heterocycles. The average Bonchev–Trinajstić information content (AvgIpc) is 3.16. The van der Waals surface area contributed by atoms with Crippen LogP contribution in [0.5, 0.6) is 11.5 Å². The standard InChI is InChI=1S/C25H25N5O5/c1-34-17-11-7-15(8-12-17)21(25(33)19-5-3-4-6-20(19)27-23(25)31)22(29-30-24(32)28-26)16-9-13-18(35-2)14-10-16/h3-14,21,33H,26H2,1-2H3,(H,27,31)(H2,28,30,32)/b29-22-/t21-,25+/m0/s1. The number of carbonyl (C=O) groups excluding carboxylic acids is 2. The zero-order valence-corrected chi connectivity index (χ0v) is 19.1. The maximum Gasteiger partial charge on any atom is 0.349 e. The number of ether oxygens (including phenoxy) is 2. The maximum absolute atomic E-state index is 13.3. The number of para-hydroxylation sites is 1. The van der Waals surface area contributed by atoms with Gasteiger partial charge in [-0.3, -0.25) is 10.2 Å². The van der Waals surface area contributed by atoms with Gasteiger partial charge in [-0.25, -0.2) is 16.1 Å². The van der Waals surface area contributed by atoms with Crippen LogP contribution in [-0.4, -0.2) is 37.0 Å². The summed E-state index contributed by atoms with van der Waals surface area (Å²) < 4.78 is 10.5. The van der Waals surface area contributed by atoms with E-state index in [1.807, 2.05) is 5.43 Å². The van der Waals surface area contributed by atoms with Crippen LogP contribution >= 0.6 is 0 Å². The molecule has 0 saturated carbocycles. The van der Waals surface area contributed by atoms with Crippen LogP contribution in [0.2, 0.25) is 0 Å². The topological polar surface area (TPSA) is 147 Å². The Hall–Kier alpha value is -4.41. The van der Waals surface area contributed by atoms with Crippen molar-refractivity contribution in [3.8, 4) is 11.5 Å². The number of benzene rings is 3. The van der Waals surface area contributed by atoms with Crippen molar-refractivity contribution in [1.29, 1.82) is 0 Å². The molecule has 0 aromatic heterocycles. The summed E-state index contributed by atoms with van der Waals surface area (Å²) in [5.41, 5.74) is 4.41. The predicted molar refractivity (Wildman–Crippen MR) is 130 cm³/mol. The minimum Gasteiger partial charge on any atom is -0.497 e. The molecule has 0 spiro atoms. The van der Waals surface area contributed by atoms with Crippen LogP contribution in [0.25, 0.3) is 0 Å². The first-order valence-corrected chi connectivity index (χ1v) is 10.7. The van der Waals surface area contributed by atoms with E-state index in [-0.39, 0.29) is 5.71 Å². The fourth-order valence-corrected chi connectivity index (χ4v) is 4.15. The third-order valence-electron chi connectivity index (χ3n) is 5.87. The van der Waals surface area contributed by atoms with E-state index in [4.69, 9.17) is 15.3 Å². The van der Waals surface area contributed by atoms with Crippen molar-refractivity contribution in [3.05, 3.63) is 89.5 Å². The largest absolute Gasteiger partial charge is 0.497 e. The molecule has 1 aliphatic heterocycles. The Morgan fingerprint density at radius 3 is 2.20 bits per heavy atom. The summed E-state index contributed by atoms with van der Waals surface area (Å²) in [4.78, 5) is 25.3. The molecule has 0 bridgehead atoms. The number of hydrazine groups is 1. The van der Waals surface area contributed by atoms with Crippen LogP contribution in [0.15, 0.2) is 77.9 Å². The highest BCUT2D eigenvalue weighted by Gasteiger charge is 2.53. The first-order valence-electron chi connectivity index (χ1n) is 10.7. The molecule has 0 fully saturated rings. The van der Waals surface area contributed by atoms with E-state index < -0.39 is 23.5 Å². The van der Waals surface area contributed by atoms with E-state index >= 15 is 0 Å². The number of hydrazone groups is 1. The van der Waals surface area contributed by atoms with Crippen molar-refractivity contribution < 1.29 is 24.2 Å². The second-order valence-electron chi connectivity index (χ2n) is 7.78. The molecule has 0 unspecified atom stereocenters. The van der Waals surface area contributed by atoms with E-state index in [2.05, 4.69) is 15.8 Å². The maximum atomic E-state index is 13.3.